The molecule has 0 radical (unpaired) electrons. The molecule has 0 aliphatic carbocycles. The number of nitriles is 1. The van der Waals surface area contributed by atoms with Gasteiger partial charge in [0.05, 0.1) is 16.8 Å². The molecule has 0 amide bonds. The highest BCUT2D eigenvalue weighted by atomic mass is 35.5. The molecule has 2 aromatic carbocycles. The Hall–Kier alpha value is -3.15. The van der Waals surface area contributed by atoms with Gasteiger partial charge in [-0.05, 0) is 48.0 Å². The van der Waals surface area contributed by atoms with E-state index in [9.17, 15) is 23.2 Å². The van der Waals surface area contributed by atoms with Crippen LogP contribution >= 0.6 is 23.2 Å². The molecule has 0 saturated heterocycles. The monoisotopic (exact) mass is 436 g/mol. The zero-order valence-corrected chi connectivity index (χ0v) is 15.8. The highest BCUT2D eigenvalue weighted by molar-refractivity contribution is 6.35. The van der Waals surface area contributed by atoms with E-state index in [1.54, 1.807) is 0 Å². The molecule has 146 valence electrons. The van der Waals surface area contributed by atoms with Crippen molar-refractivity contribution < 1.29 is 18.0 Å². The molecule has 0 N–H and O–H groups in total. The predicted molar refractivity (Wildman–Crippen MR) is 101 cm³/mol. The summed E-state index contributed by atoms with van der Waals surface area (Å²) in [4.78, 5) is 16.3. The van der Waals surface area contributed by atoms with Crippen LogP contribution in [-0.4, -0.2) is 26.7 Å². The first-order valence-electron chi connectivity index (χ1n) is 7.88. The van der Waals surface area contributed by atoms with Crippen LogP contribution < -0.4 is 0 Å². The Morgan fingerprint density at radius 1 is 1.10 bits per heavy atom. The van der Waals surface area contributed by atoms with E-state index in [-0.39, 0.29) is 26.7 Å². The average molecular weight is 437 g/mol. The van der Waals surface area contributed by atoms with Crippen LogP contribution in [0.4, 0.5) is 13.2 Å². The van der Waals surface area contributed by atoms with E-state index in [1.165, 1.54) is 41.6 Å². The summed E-state index contributed by atoms with van der Waals surface area (Å²) in [5, 5.41) is 13.2. The molecule has 29 heavy (non-hydrogen) atoms. The highest BCUT2D eigenvalue weighted by Crippen LogP contribution is 2.36. The summed E-state index contributed by atoms with van der Waals surface area (Å²) in [7, 11) is 0. The number of carbonyl (C=O) groups is 1. The third kappa shape index (κ3) is 4.65. The van der Waals surface area contributed by atoms with E-state index in [1.807, 2.05) is 6.07 Å². The van der Waals surface area contributed by atoms with E-state index >= 15 is 0 Å². The number of hydrogen-bond donors (Lipinski definition) is 0. The second-order valence-corrected chi connectivity index (χ2v) is 6.63. The Bertz CT molecular complexity index is 1130. The van der Waals surface area contributed by atoms with Gasteiger partial charge in [0.1, 0.15) is 18.7 Å². The molecular formula is C19H9Cl2F3N4O. The Morgan fingerprint density at radius 2 is 1.79 bits per heavy atom. The highest BCUT2D eigenvalue weighted by Gasteiger charge is 2.35. The van der Waals surface area contributed by atoms with Crippen LogP contribution in [0.3, 0.4) is 0 Å². The number of aromatic nitrogens is 3. The molecule has 0 aliphatic heterocycles. The second-order valence-electron chi connectivity index (χ2n) is 5.76. The molecule has 1 heterocycles. The normalized spacial score (nSPS) is 11.9. The number of halogens is 5. The maximum absolute atomic E-state index is 13.6. The maximum Gasteiger partial charge on any atom is 0.417 e. The lowest BCUT2D eigenvalue weighted by Crippen LogP contribution is -2.13. The Labute approximate surface area is 172 Å². The first-order chi connectivity index (χ1) is 13.7. The van der Waals surface area contributed by atoms with Gasteiger partial charge in [0.25, 0.3) is 0 Å². The van der Waals surface area contributed by atoms with Crippen LogP contribution in [0.2, 0.25) is 10.0 Å². The molecule has 0 unspecified atom stereocenters. The van der Waals surface area contributed by atoms with Gasteiger partial charge in [-0.3, -0.25) is 4.79 Å². The molecule has 0 fully saturated rings. The number of nitrogens with zero attached hydrogens (tertiary/aromatic N) is 4. The van der Waals surface area contributed by atoms with Gasteiger partial charge in [-0.15, -0.1) is 0 Å². The fourth-order valence-corrected chi connectivity index (χ4v) is 3.09. The van der Waals surface area contributed by atoms with Gasteiger partial charge in [0.2, 0.25) is 0 Å². The van der Waals surface area contributed by atoms with Crippen molar-refractivity contribution in [2.45, 2.75) is 6.18 Å². The van der Waals surface area contributed by atoms with Crippen LogP contribution in [0.25, 0.3) is 11.3 Å². The molecule has 0 saturated carbocycles. The van der Waals surface area contributed by atoms with E-state index < -0.39 is 17.5 Å². The van der Waals surface area contributed by atoms with E-state index in [0.717, 1.165) is 12.1 Å². The number of ketones is 1. The van der Waals surface area contributed by atoms with Crippen molar-refractivity contribution in [3.05, 3.63) is 81.9 Å². The van der Waals surface area contributed by atoms with E-state index in [2.05, 4.69) is 10.1 Å². The zero-order chi connectivity index (χ0) is 21.2. The maximum atomic E-state index is 13.6. The minimum atomic E-state index is -4.83. The smallest absolute Gasteiger partial charge is 0.289 e. The lowest BCUT2D eigenvalue weighted by atomic mass is 10.00. The Balaban J connectivity index is 2.05. The number of alkyl halides is 3. The molecule has 3 rings (SSSR count). The predicted octanol–water partition coefficient (Wildman–Crippen LogP) is 5.27. The quantitative estimate of drug-likeness (QED) is 0.412. The topological polar surface area (TPSA) is 71.6 Å². The summed E-state index contributed by atoms with van der Waals surface area (Å²) in [6, 6.07) is 9.19. The molecule has 1 aromatic heterocycles. The number of carbonyl (C=O) groups excluding carboxylic acids is 1. The summed E-state index contributed by atoms with van der Waals surface area (Å²) in [5.74, 6) is -0.935. The van der Waals surface area contributed by atoms with Crippen molar-refractivity contribution in [3.63, 3.8) is 0 Å². The number of allylic oxidation sites excluding steroid dienone is 2. The summed E-state index contributed by atoms with van der Waals surface area (Å²) >= 11 is 11.6. The lowest BCUT2D eigenvalue weighted by molar-refractivity contribution is -0.0689. The lowest BCUT2D eigenvalue weighted by Gasteiger charge is -2.13. The molecular weight excluding hydrogens is 428 g/mol. The van der Waals surface area contributed by atoms with Crippen LogP contribution in [0.5, 0.6) is 0 Å². The second kappa shape index (κ2) is 8.07. The Morgan fingerprint density at radius 3 is 2.34 bits per heavy atom. The molecule has 0 atom stereocenters. The minimum absolute atomic E-state index is 0.000879. The van der Waals surface area contributed by atoms with E-state index in [0.29, 0.717) is 11.8 Å². The number of rotatable bonds is 4. The van der Waals surface area contributed by atoms with Crippen molar-refractivity contribution in [1.29, 1.82) is 5.26 Å². The van der Waals surface area contributed by atoms with Gasteiger partial charge in [-0.1, -0.05) is 23.2 Å². The summed E-state index contributed by atoms with van der Waals surface area (Å²) in [6.45, 7) is 0. The van der Waals surface area contributed by atoms with Crippen LogP contribution in [-0.2, 0) is 0 Å². The summed E-state index contributed by atoms with van der Waals surface area (Å²) in [5.41, 5.74) is -1.26. The van der Waals surface area contributed by atoms with Crippen LogP contribution in [0.1, 0.15) is 21.5 Å². The van der Waals surface area contributed by atoms with Gasteiger partial charge < -0.3 is 0 Å². The van der Waals surface area contributed by atoms with Gasteiger partial charge in [0, 0.05) is 15.6 Å². The molecule has 10 heteroatoms. The first-order valence-corrected chi connectivity index (χ1v) is 8.63. The Kier molecular flexibility index (Phi) is 5.73. The van der Waals surface area contributed by atoms with Crippen LogP contribution in [0.15, 0.2) is 55.1 Å². The van der Waals surface area contributed by atoms with Gasteiger partial charge in [0.15, 0.2) is 5.78 Å². The van der Waals surface area contributed by atoms with Crippen LogP contribution in [0, 0.1) is 11.3 Å². The van der Waals surface area contributed by atoms with Gasteiger partial charge in [-0.2, -0.15) is 23.5 Å². The van der Waals surface area contributed by atoms with E-state index in [4.69, 9.17) is 23.2 Å². The molecule has 3 aromatic rings. The molecule has 0 aliphatic rings. The summed E-state index contributed by atoms with van der Waals surface area (Å²) in [6.07, 6.45) is -1.77. The average Bonchev–Trinajstić information content (AvgIpc) is 3.18. The van der Waals surface area contributed by atoms with Crippen molar-refractivity contribution in [2.24, 2.45) is 0 Å². The molecule has 5 nitrogen and oxygen atoms in total. The summed E-state index contributed by atoms with van der Waals surface area (Å²) < 4.78 is 42.0. The van der Waals surface area contributed by atoms with Gasteiger partial charge in [-0.25, -0.2) is 9.67 Å². The third-order valence-corrected chi connectivity index (χ3v) is 4.26. The van der Waals surface area contributed by atoms with Gasteiger partial charge >= 0.3 is 6.18 Å². The number of hydrogen-bond acceptors (Lipinski definition) is 4. The molecule has 0 spiro atoms. The first kappa shape index (κ1) is 20.6. The minimum Gasteiger partial charge on any atom is -0.289 e. The molecule has 0 bridgehead atoms. The van der Waals surface area contributed by atoms with Crippen molar-refractivity contribution >= 4 is 34.6 Å². The van der Waals surface area contributed by atoms with Crippen molar-refractivity contribution in [1.82, 2.24) is 14.8 Å². The van der Waals surface area contributed by atoms with Crippen molar-refractivity contribution in [2.75, 3.05) is 0 Å². The largest absolute Gasteiger partial charge is 0.417 e. The third-order valence-electron chi connectivity index (χ3n) is 3.82. The van der Waals surface area contributed by atoms with Crippen molar-refractivity contribution in [3.8, 4) is 11.8 Å². The number of benzene rings is 2. The fourth-order valence-electron chi connectivity index (χ4n) is 2.56. The SMILES string of the molecule is N#Cc1cc(C(=O)/C=C(\c2cc(Cl)cc(Cl)c2)C(F)(F)F)ccc1-n1cncn1. The fraction of sp³-hybridized carbons (Fsp3) is 0.0526. The zero-order valence-electron chi connectivity index (χ0n) is 14.3. The standard InChI is InChI=1S/C19H9Cl2F3N4O/c20-14-4-12(5-15(21)6-14)16(19(22,23)24)7-18(29)11-1-2-17(13(3-11)8-25)28-10-26-9-27-28/h1-7,9-10H/b16-7+.